The topological polar surface area (TPSA) is 39.9 Å². The third-order valence-electron chi connectivity index (χ3n) is 2.12. The molecule has 0 atom stereocenters. The normalized spacial score (nSPS) is 10.5. The number of para-hydroxylation sites is 1. The summed E-state index contributed by atoms with van der Waals surface area (Å²) in [6.07, 6.45) is 3.21. The SMILES string of the molecule is CCOCc1ccccc1-n1cncn1. The highest BCUT2D eigenvalue weighted by Gasteiger charge is 2.03. The van der Waals surface area contributed by atoms with Gasteiger partial charge in [-0.05, 0) is 13.0 Å². The molecule has 2 aromatic rings. The number of hydrogen-bond acceptors (Lipinski definition) is 3. The van der Waals surface area contributed by atoms with Crippen molar-refractivity contribution in [2.24, 2.45) is 0 Å². The first-order chi connectivity index (χ1) is 7.42. The van der Waals surface area contributed by atoms with Gasteiger partial charge in [0, 0.05) is 12.2 Å². The van der Waals surface area contributed by atoms with Gasteiger partial charge in [0.15, 0.2) is 0 Å². The third kappa shape index (κ3) is 2.22. The highest BCUT2D eigenvalue weighted by molar-refractivity contribution is 5.39. The van der Waals surface area contributed by atoms with Crippen molar-refractivity contribution >= 4 is 0 Å². The fourth-order valence-corrected chi connectivity index (χ4v) is 1.40. The molecule has 0 saturated carbocycles. The predicted molar refractivity (Wildman–Crippen MR) is 56.7 cm³/mol. The van der Waals surface area contributed by atoms with Gasteiger partial charge in [0.25, 0.3) is 0 Å². The maximum atomic E-state index is 5.40. The van der Waals surface area contributed by atoms with Gasteiger partial charge in [0.1, 0.15) is 12.7 Å². The minimum Gasteiger partial charge on any atom is -0.377 e. The van der Waals surface area contributed by atoms with Crippen LogP contribution in [-0.2, 0) is 11.3 Å². The Kier molecular flexibility index (Phi) is 3.09. The molecule has 15 heavy (non-hydrogen) atoms. The van der Waals surface area contributed by atoms with E-state index in [1.54, 1.807) is 11.0 Å². The van der Waals surface area contributed by atoms with Crippen LogP contribution in [-0.4, -0.2) is 21.4 Å². The van der Waals surface area contributed by atoms with Crippen LogP contribution < -0.4 is 0 Å². The molecule has 0 aliphatic rings. The zero-order valence-corrected chi connectivity index (χ0v) is 8.63. The fourth-order valence-electron chi connectivity index (χ4n) is 1.40. The fraction of sp³-hybridized carbons (Fsp3) is 0.273. The van der Waals surface area contributed by atoms with E-state index in [0.29, 0.717) is 13.2 Å². The molecule has 4 nitrogen and oxygen atoms in total. The van der Waals surface area contributed by atoms with Crippen LogP contribution in [0.1, 0.15) is 12.5 Å². The van der Waals surface area contributed by atoms with Crippen molar-refractivity contribution in [3.63, 3.8) is 0 Å². The summed E-state index contributed by atoms with van der Waals surface area (Å²) in [5.74, 6) is 0. The zero-order chi connectivity index (χ0) is 10.5. The molecule has 0 aliphatic carbocycles. The maximum absolute atomic E-state index is 5.40. The molecule has 0 fully saturated rings. The van der Waals surface area contributed by atoms with E-state index in [1.807, 2.05) is 31.2 Å². The van der Waals surface area contributed by atoms with Crippen molar-refractivity contribution in [1.82, 2.24) is 14.8 Å². The van der Waals surface area contributed by atoms with E-state index < -0.39 is 0 Å². The Labute approximate surface area is 88.5 Å². The minimum atomic E-state index is 0.604. The van der Waals surface area contributed by atoms with E-state index in [0.717, 1.165) is 11.3 Å². The first-order valence-electron chi connectivity index (χ1n) is 4.92. The highest BCUT2D eigenvalue weighted by atomic mass is 16.5. The summed E-state index contributed by atoms with van der Waals surface area (Å²) in [4.78, 5) is 3.93. The van der Waals surface area contributed by atoms with Gasteiger partial charge in [0.2, 0.25) is 0 Å². The van der Waals surface area contributed by atoms with E-state index in [-0.39, 0.29) is 0 Å². The molecule has 0 unspecified atom stereocenters. The van der Waals surface area contributed by atoms with Crippen molar-refractivity contribution < 1.29 is 4.74 Å². The smallest absolute Gasteiger partial charge is 0.138 e. The second-order valence-corrected chi connectivity index (χ2v) is 3.11. The van der Waals surface area contributed by atoms with Gasteiger partial charge in [-0.3, -0.25) is 0 Å². The molecule has 0 N–H and O–H groups in total. The van der Waals surface area contributed by atoms with Crippen LogP contribution in [0.3, 0.4) is 0 Å². The summed E-state index contributed by atoms with van der Waals surface area (Å²) in [7, 11) is 0. The Bertz CT molecular complexity index is 412. The second-order valence-electron chi connectivity index (χ2n) is 3.11. The zero-order valence-electron chi connectivity index (χ0n) is 8.63. The van der Waals surface area contributed by atoms with Gasteiger partial charge < -0.3 is 4.74 Å². The number of nitrogens with zero attached hydrogens (tertiary/aromatic N) is 3. The van der Waals surface area contributed by atoms with E-state index >= 15 is 0 Å². The van der Waals surface area contributed by atoms with Gasteiger partial charge in [-0.1, -0.05) is 18.2 Å². The van der Waals surface area contributed by atoms with Crippen LogP contribution in [0.15, 0.2) is 36.9 Å². The molecule has 0 radical (unpaired) electrons. The number of aromatic nitrogens is 3. The predicted octanol–water partition coefficient (Wildman–Crippen LogP) is 1.80. The van der Waals surface area contributed by atoms with Crippen LogP contribution in [0.5, 0.6) is 0 Å². The molecule has 1 heterocycles. The van der Waals surface area contributed by atoms with Crippen LogP contribution in [0.25, 0.3) is 5.69 Å². The Morgan fingerprint density at radius 3 is 2.93 bits per heavy atom. The third-order valence-corrected chi connectivity index (χ3v) is 2.12. The monoisotopic (exact) mass is 203 g/mol. The average Bonchev–Trinajstić information content (AvgIpc) is 2.80. The molecule has 78 valence electrons. The second kappa shape index (κ2) is 4.70. The van der Waals surface area contributed by atoms with Gasteiger partial charge >= 0.3 is 0 Å². The molecule has 1 aromatic heterocycles. The standard InChI is InChI=1S/C11H13N3O/c1-2-15-7-10-5-3-4-6-11(10)14-9-12-8-13-14/h3-6,8-9H,2,7H2,1H3. The molecule has 0 spiro atoms. The first kappa shape index (κ1) is 9.86. The van der Waals surface area contributed by atoms with Gasteiger partial charge in [-0.15, -0.1) is 0 Å². The molecule has 0 saturated heterocycles. The molecule has 0 bridgehead atoms. The lowest BCUT2D eigenvalue weighted by atomic mass is 10.2. The van der Waals surface area contributed by atoms with Crippen molar-refractivity contribution in [3.8, 4) is 5.69 Å². The number of rotatable bonds is 4. The molecular formula is C11H13N3O. The number of ether oxygens (including phenoxy) is 1. The average molecular weight is 203 g/mol. The molecule has 0 amide bonds. The van der Waals surface area contributed by atoms with Crippen molar-refractivity contribution in [2.75, 3.05) is 6.61 Å². The largest absolute Gasteiger partial charge is 0.377 e. The Morgan fingerprint density at radius 1 is 1.33 bits per heavy atom. The highest BCUT2D eigenvalue weighted by Crippen LogP contribution is 2.13. The molecule has 4 heteroatoms. The lowest BCUT2D eigenvalue weighted by Crippen LogP contribution is -2.01. The molecular weight excluding hydrogens is 190 g/mol. The quantitative estimate of drug-likeness (QED) is 0.760. The van der Waals surface area contributed by atoms with Gasteiger partial charge in [-0.2, -0.15) is 5.10 Å². The molecule has 1 aromatic carbocycles. The first-order valence-corrected chi connectivity index (χ1v) is 4.92. The summed E-state index contributed by atoms with van der Waals surface area (Å²) < 4.78 is 7.14. The Hall–Kier alpha value is -1.68. The van der Waals surface area contributed by atoms with E-state index in [1.165, 1.54) is 6.33 Å². The minimum absolute atomic E-state index is 0.604. The van der Waals surface area contributed by atoms with Crippen LogP contribution >= 0.6 is 0 Å². The van der Waals surface area contributed by atoms with E-state index in [9.17, 15) is 0 Å². The summed E-state index contributed by atoms with van der Waals surface area (Å²) >= 11 is 0. The lowest BCUT2D eigenvalue weighted by Gasteiger charge is -2.08. The number of benzene rings is 1. The number of hydrogen-bond donors (Lipinski definition) is 0. The maximum Gasteiger partial charge on any atom is 0.138 e. The van der Waals surface area contributed by atoms with E-state index in [4.69, 9.17) is 4.74 Å². The van der Waals surface area contributed by atoms with Crippen molar-refractivity contribution in [2.45, 2.75) is 13.5 Å². The summed E-state index contributed by atoms with van der Waals surface area (Å²) in [5.41, 5.74) is 2.13. The van der Waals surface area contributed by atoms with Gasteiger partial charge in [-0.25, -0.2) is 9.67 Å². The lowest BCUT2D eigenvalue weighted by molar-refractivity contribution is 0.134. The van der Waals surface area contributed by atoms with Crippen LogP contribution in [0, 0.1) is 0 Å². The Balaban J connectivity index is 2.30. The van der Waals surface area contributed by atoms with E-state index in [2.05, 4.69) is 10.1 Å². The summed E-state index contributed by atoms with van der Waals surface area (Å²) in [5, 5.41) is 4.11. The Morgan fingerprint density at radius 2 is 2.20 bits per heavy atom. The van der Waals surface area contributed by atoms with Crippen molar-refractivity contribution in [1.29, 1.82) is 0 Å². The van der Waals surface area contributed by atoms with Crippen molar-refractivity contribution in [3.05, 3.63) is 42.5 Å². The molecule has 2 rings (SSSR count). The van der Waals surface area contributed by atoms with Crippen LogP contribution in [0.2, 0.25) is 0 Å². The van der Waals surface area contributed by atoms with Crippen LogP contribution in [0.4, 0.5) is 0 Å². The van der Waals surface area contributed by atoms with Gasteiger partial charge in [0.05, 0.1) is 12.3 Å². The summed E-state index contributed by atoms with van der Waals surface area (Å²) in [6.45, 7) is 3.30. The summed E-state index contributed by atoms with van der Waals surface area (Å²) in [6, 6.07) is 8.01. The molecule has 0 aliphatic heterocycles.